The first kappa shape index (κ1) is 16.6. The summed E-state index contributed by atoms with van der Waals surface area (Å²) in [5.41, 5.74) is 2.96. The predicted molar refractivity (Wildman–Crippen MR) is 96.7 cm³/mol. The zero-order chi connectivity index (χ0) is 17.1. The molecule has 0 aromatic carbocycles. The van der Waals surface area contributed by atoms with Crippen LogP contribution >= 0.6 is 11.3 Å². The molecule has 0 bridgehead atoms. The van der Waals surface area contributed by atoms with Gasteiger partial charge in [-0.2, -0.15) is 0 Å². The lowest BCUT2D eigenvalue weighted by Gasteiger charge is -2.08. The molecule has 124 valence electrons. The Kier molecular flexibility index (Phi) is 4.90. The Bertz CT molecular complexity index is 833. The van der Waals surface area contributed by atoms with Crippen LogP contribution in [0.3, 0.4) is 0 Å². The van der Waals surface area contributed by atoms with Gasteiger partial charge in [0.05, 0.1) is 17.8 Å². The van der Waals surface area contributed by atoms with Crippen LogP contribution in [0.25, 0.3) is 0 Å². The van der Waals surface area contributed by atoms with E-state index in [9.17, 15) is 4.79 Å². The second kappa shape index (κ2) is 7.09. The predicted octanol–water partition coefficient (Wildman–Crippen LogP) is 4.25. The quantitative estimate of drug-likeness (QED) is 0.631. The van der Waals surface area contributed by atoms with Gasteiger partial charge in [-0.15, -0.1) is 11.3 Å². The molecule has 0 aliphatic heterocycles. The van der Waals surface area contributed by atoms with Gasteiger partial charge in [0.2, 0.25) is 0 Å². The van der Waals surface area contributed by atoms with Crippen LogP contribution in [0.2, 0.25) is 0 Å². The SMILES string of the molecule is Cc1sc(CC(=O)c2cccn2Cc2ccncc2)nc1C(C)C. The Hall–Kier alpha value is -2.27. The van der Waals surface area contributed by atoms with Crippen molar-refractivity contribution >= 4 is 17.1 Å². The van der Waals surface area contributed by atoms with E-state index in [4.69, 9.17) is 0 Å². The van der Waals surface area contributed by atoms with E-state index >= 15 is 0 Å². The third-order valence-corrected chi connectivity index (χ3v) is 4.94. The lowest BCUT2D eigenvalue weighted by atomic mass is 10.1. The zero-order valence-corrected chi connectivity index (χ0v) is 15.0. The highest BCUT2D eigenvalue weighted by Gasteiger charge is 2.17. The number of carbonyl (C=O) groups excluding carboxylic acids is 1. The lowest BCUT2D eigenvalue weighted by molar-refractivity contribution is 0.0984. The molecule has 0 saturated heterocycles. The number of nitrogens with zero attached hydrogens (tertiary/aromatic N) is 3. The fraction of sp³-hybridized carbons (Fsp3) is 0.316. The summed E-state index contributed by atoms with van der Waals surface area (Å²) >= 11 is 1.63. The lowest BCUT2D eigenvalue weighted by Crippen LogP contribution is -2.11. The van der Waals surface area contributed by atoms with Gasteiger partial charge in [0.1, 0.15) is 5.01 Å². The van der Waals surface area contributed by atoms with Crippen LogP contribution in [0.15, 0.2) is 42.9 Å². The highest BCUT2D eigenvalue weighted by molar-refractivity contribution is 7.11. The molecule has 0 amide bonds. The van der Waals surface area contributed by atoms with E-state index in [0.717, 1.165) is 22.0 Å². The Labute approximate surface area is 146 Å². The first-order valence-corrected chi connectivity index (χ1v) is 8.89. The number of aromatic nitrogens is 3. The van der Waals surface area contributed by atoms with Gasteiger partial charge in [-0.3, -0.25) is 9.78 Å². The van der Waals surface area contributed by atoms with Crippen LogP contribution in [0.4, 0.5) is 0 Å². The maximum Gasteiger partial charge on any atom is 0.186 e. The number of Topliss-reactive ketones (excluding diaryl/α,β-unsaturated/α-hetero) is 1. The number of ketones is 1. The molecule has 0 N–H and O–H groups in total. The average Bonchev–Trinajstić information content (AvgIpc) is 3.15. The van der Waals surface area contributed by atoms with Crippen LogP contribution in [-0.4, -0.2) is 20.3 Å². The molecule has 5 heteroatoms. The van der Waals surface area contributed by atoms with Gasteiger partial charge in [-0.25, -0.2) is 4.98 Å². The molecule has 0 aliphatic rings. The first-order valence-electron chi connectivity index (χ1n) is 8.08. The van der Waals surface area contributed by atoms with Crippen molar-refractivity contribution in [3.05, 3.63) is 69.7 Å². The number of hydrogen-bond donors (Lipinski definition) is 0. The van der Waals surface area contributed by atoms with Gasteiger partial charge < -0.3 is 4.57 Å². The van der Waals surface area contributed by atoms with E-state index in [-0.39, 0.29) is 5.78 Å². The van der Waals surface area contributed by atoms with Crippen molar-refractivity contribution in [1.29, 1.82) is 0 Å². The number of pyridine rings is 1. The van der Waals surface area contributed by atoms with Crippen molar-refractivity contribution in [2.75, 3.05) is 0 Å². The summed E-state index contributed by atoms with van der Waals surface area (Å²) in [5, 5.41) is 0.901. The van der Waals surface area contributed by atoms with E-state index in [1.165, 1.54) is 4.88 Å². The van der Waals surface area contributed by atoms with Crippen LogP contribution < -0.4 is 0 Å². The fourth-order valence-electron chi connectivity index (χ4n) is 2.79. The third-order valence-electron chi connectivity index (χ3n) is 3.95. The van der Waals surface area contributed by atoms with E-state index in [1.54, 1.807) is 23.7 Å². The van der Waals surface area contributed by atoms with Gasteiger partial charge in [-0.1, -0.05) is 13.8 Å². The Morgan fingerprint density at radius 2 is 2.00 bits per heavy atom. The van der Waals surface area contributed by atoms with Crippen molar-refractivity contribution in [3.63, 3.8) is 0 Å². The molecule has 24 heavy (non-hydrogen) atoms. The number of hydrogen-bond acceptors (Lipinski definition) is 4. The molecule has 3 heterocycles. The van der Waals surface area contributed by atoms with Crippen LogP contribution in [0.5, 0.6) is 0 Å². The Morgan fingerprint density at radius 3 is 2.67 bits per heavy atom. The minimum Gasteiger partial charge on any atom is -0.341 e. The molecule has 3 aromatic heterocycles. The molecule has 3 rings (SSSR count). The van der Waals surface area contributed by atoms with Gasteiger partial charge >= 0.3 is 0 Å². The summed E-state index contributed by atoms with van der Waals surface area (Å²) in [7, 11) is 0. The van der Waals surface area contributed by atoms with Gasteiger partial charge in [-0.05, 0) is 42.7 Å². The third kappa shape index (κ3) is 3.62. The monoisotopic (exact) mass is 339 g/mol. The van der Waals surface area contributed by atoms with Gasteiger partial charge in [0.15, 0.2) is 5.78 Å². The molecule has 0 fully saturated rings. The summed E-state index contributed by atoms with van der Waals surface area (Å²) in [6.45, 7) is 7.01. The van der Waals surface area contributed by atoms with Crippen molar-refractivity contribution < 1.29 is 4.79 Å². The molecule has 0 spiro atoms. The standard InChI is InChI=1S/C19H21N3OS/c1-13(2)19-14(3)24-18(21-19)11-17(23)16-5-4-10-22(16)12-15-6-8-20-9-7-15/h4-10,13H,11-12H2,1-3H3. The normalized spacial score (nSPS) is 11.2. The topological polar surface area (TPSA) is 47.8 Å². The number of thiazole rings is 1. The summed E-state index contributed by atoms with van der Waals surface area (Å²) in [6, 6.07) is 7.73. The van der Waals surface area contributed by atoms with E-state index < -0.39 is 0 Å². The number of aryl methyl sites for hydroxylation is 1. The second-order valence-electron chi connectivity index (χ2n) is 6.18. The van der Waals surface area contributed by atoms with Gasteiger partial charge in [0.25, 0.3) is 0 Å². The maximum absolute atomic E-state index is 12.7. The summed E-state index contributed by atoms with van der Waals surface area (Å²) in [5.74, 6) is 0.499. The highest BCUT2D eigenvalue weighted by atomic mass is 32.1. The second-order valence-corrected chi connectivity index (χ2v) is 7.47. The van der Waals surface area contributed by atoms with Crippen LogP contribution in [0, 0.1) is 6.92 Å². The van der Waals surface area contributed by atoms with Crippen molar-refractivity contribution in [3.8, 4) is 0 Å². The highest BCUT2D eigenvalue weighted by Crippen LogP contribution is 2.25. The Morgan fingerprint density at radius 1 is 1.25 bits per heavy atom. The smallest absolute Gasteiger partial charge is 0.186 e. The molecule has 0 unspecified atom stereocenters. The summed E-state index contributed by atoms with van der Waals surface area (Å²) in [4.78, 5) is 22.6. The van der Waals surface area contributed by atoms with Crippen molar-refractivity contribution in [2.24, 2.45) is 0 Å². The summed E-state index contributed by atoms with van der Waals surface area (Å²) in [6.07, 6.45) is 5.84. The molecular formula is C19H21N3OS. The molecule has 3 aromatic rings. The number of rotatable bonds is 6. The van der Waals surface area contributed by atoms with Crippen molar-refractivity contribution in [1.82, 2.24) is 14.5 Å². The zero-order valence-electron chi connectivity index (χ0n) is 14.2. The number of carbonyl (C=O) groups is 1. The Balaban J connectivity index is 1.77. The minimum absolute atomic E-state index is 0.109. The average molecular weight is 339 g/mol. The molecular weight excluding hydrogens is 318 g/mol. The van der Waals surface area contributed by atoms with Gasteiger partial charge in [0, 0.05) is 30.0 Å². The molecule has 4 nitrogen and oxygen atoms in total. The van der Waals surface area contributed by atoms with E-state index in [2.05, 4.69) is 30.7 Å². The molecule has 0 atom stereocenters. The fourth-order valence-corrected chi connectivity index (χ4v) is 3.88. The maximum atomic E-state index is 12.7. The van der Waals surface area contributed by atoms with Crippen LogP contribution in [0.1, 0.15) is 51.4 Å². The van der Waals surface area contributed by atoms with E-state index in [0.29, 0.717) is 18.9 Å². The van der Waals surface area contributed by atoms with Crippen LogP contribution in [-0.2, 0) is 13.0 Å². The first-order chi connectivity index (χ1) is 11.5. The van der Waals surface area contributed by atoms with E-state index in [1.807, 2.05) is 35.0 Å². The molecule has 0 radical (unpaired) electrons. The minimum atomic E-state index is 0.109. The molecule has 0 aliphatic carbocycles. The largest absolute Gasteiger partial charge is 0.341 e. The summed E-state index contributed by atoms with van der Waals surface area (Å²) < 4.78 is 1.99. The molecule has 0 saturated carbocycles. The van der Waals surface area contributed by atoms with Crippen molar-refractivity contribution in [2.45, 2.75) is 39.7 Å².